The van der Waals surface area contributed by atoms with Crippen molar-refractivity contribution in [1.29, 1.82) is 0 Å². The van der Waals surface area contributed by atoms with E-state index in [9.17, 15) is 13.5 Å². The van der Waals surface area contributed by atoms with Gasteiger partial charge in [-0.25, -0.2) is 0 Å². The summed E-state index contributed by atoms with van der Waals surface area (Å²) >= 11 is 0. The van der Waals surface area contributed by atoms with E-state index >= 15 is 0 Å². The quantitative estimate of drug-likeness (QED) is 0.759. The molecule has 6 nitrogen and oxygen atoms in total. The van der Waals surface area contributed by atoms with Crippen LogP contribution in [0, 0.1) is 6.92 Å². The standard InChI is InChI=1S/C18H22O6S/c1-12-5-8-15(9-6-12)25(20,21)24-13(2)18(19)14-7-10-16(22-3)17(11-14)23-4/h5-11,13,18-19H,1-4H3/t13-,18-/m1/s1. The highest BCUT2D eigenvalue weighted by atomic mass is 32.2. The molecule has 2 aromatic rings. The molecule has 0 saturated carbocycles. The molecule has 25 heavy (non-hydrogen) atoms. The maximum absolute atomic E-state index is 12.3. The minimum absolute atomic E-state index is 0.0458. The fourth-order valence-electron chi connectivity index (χ4n) is 2.32. The van der Waals surface area contributed by atoms with Gasteiger partial charge in [-0.1, -0.05) is 23.8 Å². The van der Waals surface area contributed by atoms with Gasteiger partial charge in [0.2, 0.25) is 0 Å². The second-order valence-electron chi connectivity index (χ2n) is 5.63. The summed E-state index contributed by atoms with van der Waals surface area (Å²) in [7, 11) is -0.984. The van der Waals surface area contributed by atoms with Gasteiger partial charge in [0.15, 0.2) is 11.5 Å². The Kier molecular flexibility index (Phi) is 6.05. The summed E-state index contributed by atoms with van der Waals surface area (Å²) in [6.07, 6.45) is -2.13. The Morgan fingerprint density at radius 1 is 0.960 bits per heavy atom. The Morgan fingerprint density at radius 3 is 2.12 bits per heavy atom. The van der Waals surface area contributed by atoms with Crippen molar-refractivity contribution >= 4 is 10.1 Å². The Bertz CT molecular complexity index is 814. The smallest absolute Gasteiger partial charge is 0.297 e. The molecule has 7 heteroatoms. The number of benzene rings is 2. The number of aliphatic hydroxyl groups is 1. The monoisotopic (exact) mass is 366 g/mol. The number of hydrogen-bond acceptors (Lipinski definition) is 6. The predicted molar refractivity (Wildman–Crippen MR) is 93.4 cm³/mol. The third kappa shape index (κ3) is 4.50. The Morgan fingerprint density at radius 2 is 1.56 bits per heavy atom. The van der Waals surface area contributed by atoms with Crippen molar-refractivity contribution in [1.82, 2.24) is 0 Å². The number of aryl methyl sites for hydroxylation is 1. The Balaban J connectivity index is 2.19. The first kappa shape index (κ1) is 19.2. The van der Waals surface area contributed by atoms with E-state index in [1.54, 1.807) is 30.3 Å². The molecule has 0 fully saturated rings. The highest BCUT2D eigenvalue weighted by Crippen LogP contribution is 2.32. The minimum Gasteiger partial charge on any atom is -0.493 e. The van der Waals surface area contributed by atoms with Gasteiger partial charge in [-0.2, -0.15) is 8.42 Å². The van der Waals surface area contributed by atoms with Crippen molar-refractivity contribution in [2.24, 2.45) is 0 Å². The van der Waals surface area contributed by atoms with E-state index < -0.39 is 22.3 Å². The molecule has 0 saturated heterocycles. The van der Waals surface area contributed by atoms with Crippen LogP contribution in [0.4, 0.5) is 0 Å². The summed E-state index contributed by atoms with van der Waals surface area (Å²) in [6.45, 7) is 3.35. The lowest BCUT2D eigenvalue weighted by molar-refractivity contribution is 0.0506. The number of rotatable bonds is 7. The van der Waals surface area contributed by atoms with Gasteiger partial charge in [0.05, 0.1) is 19.1 Å². The molecular weight excluding hydrogens is 344 g/mol. The SMILES string of the molecule is COc1ccc([C@H](O)[C@@H](C)OS(=O)(=O)c2ccc(C)cc2)cc1OC. The van der Waals surface area contributed by atoms with Crippen LogP contribution in [0.1, 0.15) is 24.2 Å². The fourth-order valence-corrected chi connectivity index (χ4v) is 3.41. The van der Waals surface area contributed by atoms with E-state index in [0.29, 0.717) is 17.1 Å². The Labute approximate surface area is 148 Å². The molecule has 0 bridgehead atoms. The van der Waals surface area contributed by atoms with Crippen LogP contribution < -0.4 is 9.47 Å². The van der Waals surface area contributed by atoms with Gasteiger partial charge in [-0.15, -0.1) is 0 Å². The summed E-state index contributed by atoms with van der Waals surface area (Å²) < 4.78 is 40.2. The second-order valence-corrected chi connectivity index (χ2v) is 7.20. The molecular formula is C18H22O6S. The average Bonchev–Trinajstić information content (AvgIpc) is 2.60. The minimum atomic E-state index is -3.97. The van der Waals surface area contributed by atoms with Crippen molar-refractivity contribution in [2.45, 2.75) is 31.0 Å². The lowest BCUT2D eigenvalue weighted by Gasteiger charge is -2.20. The van der Waals surface area contributed by atoms with E-state index in [4.69, 9.17) is 13.7 Å². The second kappa shape index (κ2) is 7.86. The van der Waals surface area contributed by atoms with Crippen LogP contribution in [-0.4, -0.2) is 33.8 Å². The summed E-state index contributed by atoms with van der Waals surface area (Å²) in [5.74, 6) is 0.951. The highest BCUT2D eigenvalue weighted by Gasteiger charge is 2.26. The summed E-state index contributed by atoms with van der Waals surface area (Å²) in [5, 5.41) is 10.4. The molecule has 2 rings (SSSR count). The lowest BCUT2D eigenvalue weighted by Crippen LogP contribution is -2.23. The molecule has 0 aromatic heterocycles. The molecule has 0 aliphatic carbocycles. The van der Waals surface area contributed by atoms with E-state index in [-0.39, 0.29) is 4.90 Å². The molecule has 0 heterocycles. The molecule has 2 aromatic carbocycles. The lowest BCUT2D eigenvalue weighted by atomic mass is 10.0. The van der Waals surface area contributed by atoms with Crippen LogP contribution in [0.5, 0.6) is 11.5 Å². The molecule has 2 atom stereocenters. The zero-order valence-electron chi connectivity index (χ0n) is 14.6. The molecule has 0 unspecified atom stereocenters. The zero-order valence-corrected chi connectivity index (χ0v) is 15.4. The molecule has 0 aliphatic heterocycles. The first-order valence-electron chi connectivity index (χ1n) is 7.68. The van der Waals surface area contributed by atoms with Gasteiger partial charge in [-0.05, 0) is 43.7 Å². The van der Waals surface area contributed by atoms with Crippen LogP contribution in [0.3, 0.4) is 0 Å². The molecule has 136 valence electrons. The van der Waals surface area contributed by atoms with Gasteiger partial charge in [0.25, 0.3) is 10.1 Å². The van der Waals surface area contributed by atoms with Gasteiger partial charge in [-0.3, -0.25) is 4.18 Å². The third-order valence-electron chi connectivity index (χ3n) is 3.78. The molecule has 0 spiro atoms. The molecule has 1 N–H and O–H groups in total. The van der Waals surface area contributed by atoms with Crippen molar-refractivity contribution < 1.29 is 27.2 Å². The zero-order chi connectivity index (χ0) is 18.6. The van der Waals surface area contributed by atoms with Gasteiger partial charge >= 0.3 is 0 Å². The van der Waals surface area contributed by atoms with Crippen LogP contribution in [0.25, 0.3) is 0 Å². The molecule has 0 aliphatic rings. The third-order valence-corrected chi connectivity index (χ3v) is 5.19. The largest absolute Gasteiger partial charge is 0.493 e. The van der Waals surface area contributed by atoms with E-state index in [0.717, 1.165) is 5.56 Å². The maximum Gasteiger partial charge on any atom is 0.297 e. The first-order valence-corrected chi connectivity index (χ1v) is 9.09. The molecule has 0 amide bonds. The van der Waals surface area contributed by atoms with E-state index in [1.165, 1.54) is 33.3 Å². The maximum atomic E-state index is 12.3. The van der Waals surface area contributed by atoms with E-state index in [2.05, 4.69) is 0 Å². The summed E-state index contributed by atoms with van der Waals surface area (Å²) in [4.78, 5) is 0.0458. The van der Waals surface area contributed by atoms with Crippen molar-refractivity contribution in [3.05, 3.63) is 53.6 Å². The topological polar surface area (TPSA) is 82.1 Å². The van der Waals surface area contributed by atoms with Gasteiger partial charge < -0.3 is 14.6 Å². The summed E-state index contributed by atoms with van der Waals surface area (Å²) in [5.41, 5.74) is 1.40. The van der Waals surface area contributed by atoms with Crippen molar-refractivity contribution in [2.75, 3.05) is 14.2 Å². The summed E-state index contributed by atoms with van der Waals surface area (Å²) in [6, 6.07) is 11.2. The van der Waals surface area contributed by atoms with Gasteiger partial charge in [0, 0.05) is 0 Å². The molecule has 0 radical (unpaired) electrons. The van der Waals surface area contributed by atoms with Gasteiger partial charge in [0.1, 0.15) is 12.2 Å². The van der Waals surface area contributed by atoms with Crippen LogP contribution in [-0.2, 0) is 14.3 Å². The van der Waals surface area contributed by atoms with Crippen molar-refractivity contribution in [3.8, 4) is 11.5 Å². The number of methoxy groups -OCH3 is 2. The van der Waals surface area contributed by atoms with Crippen LogP contribution >= 0.6 is 0 Å². The number of aliphatic hydroxyl groups excluding tert-OH is 1. The van der Waals surface area contributed by atoms with Crippen LogP contribution in [0.2, 0.25) is 0 Å². The first-order chi connectivity index (χ1) is 11.8. The number of ether oxygens (including phenoxy) is 2. The Hall–Kier alpha value is -2.09. The number of hydrogen-bond donors (Lipinski definition) is 1. The normalized spacial score (nSPS) is 14.0. The van der Waals surface area contributed by atoms with Crippen molar-refractivity contribution in [3.63, 3.8) is 0 Å². The average molecular weight is 366 g/mol. The predicted octanol–water partition coefficient (Wildman–Crippen LogP) is 2.84. The highest BCUT2D eigenvalue weighted by molar-refractivity contribution is 7.86. The van der Waals surface area contributed by atoms with Crippen LogP contribution in [0.15, 0.2) is 47.4 Å². The van der Waals surface area contributed by atoms with E-state index in [1.807, 2.05) is 6.92 Å². The fraction of sp³-hybridized carbons (Fsp3) is 0.333.